The van der Waals surface area contributed by atoms with Gasteiger partial charge in [-0.1, -0.05) is 48.0 Å². The Kier molecular flexibility index (Phi) is 4.27. The number of rotatable bonds is 5. The zero-order chi connectivity index (χ0) is 17.1. The fourth-order valence-electron chi connectivity index (χ4n) is 2.98. The molecule has 124 valence electrons. The van der Waals surface area contributed by atoms with Gasteiger partial charge in [0.2, 0.25) is 0 Å². The molecule has 0 unspecified atom stereocenters. The Hall–Kier alpha value is -2.98. The first-order valence-corrected chi connectivity index (χ1v) is 8.44. The van der Waals surface area contributed by atoms with E-state index in [2.05, 4.69) is 70.9 Å². The Bertz CT molecular complexity index is 970. The van der Waals surface area contributed by atoms with E-state index < -0.39 is 0 Å². The highest BCUT2D eigenvalue weighted by Crippen LogP contribution is 2.20. The maximum absolute atomic E-state index is 4.64. The molecule has 0 aliphatic rings. The van der Waals surface area contributed by atoms with E-state index >= 15 is 0 Å². The Morgan fingerprint density at radius 3 is 2.52 bits per heavy atom. The van der Waals surface area contributed by atoms with E-state index in [1.54, 1.807) is 10.7 Å². The predicted molar refractivity (Wildman–Crippen MR) is 100 cm³/mol. The van der Waals surface area contributed by atoms with Gasteiger partial charge in [-0.15, -0.1) is 0 Å². The van der Waals surface area contributed by atoms with Crippen molar-refractivity contribution in [3.05, 3.63) is 89.7 Å². The van der Waals surface area contributed by atoms with E-state index in [0.29, 0.717) is 0 Å². The second-order valence-corrected chi connectivity index (χ2v) is 6.25. The Balaban J connectivity index is 1.47. The minimum absolute atomic E-state index is 0.827. The van der Waals surface area contributed by atoms with E-state index in [1.165, 1.54) is 16.7 Å². The molecule has 2 aromatic carbocycles. The molecule has 0 bridgehead atoms. The van der Waals surface area contributed by atoms with Crippen LogP contribution in [0.15, 0.2) is 73.1 Å². The molecule has 4 rings (SSSR count). The second kappa shape index (κ2) is 6.87. The highest BCUT2D eigenvalue weighted by molar-refractivity contribution is 5.62. The molecule has 4 aromatic rings. The topological polar surface area (TPSA) is 42.2 Å². The fraction of sp³-hybridized carbons (Fsp3) is 0.143. The molecular weight excluding hydrogens is 308 g/mol. The Labute approximate surface area is 147 Å². The van der Waals surface area contributed by atoms with Crippen LogP contribution in [-0.4, -0.2) is 14.6 Å². The third kappa shape index (κ3) is 3.59. The molecule has 2 heterocycles. The largest absolute Gasteiger partial charge is 0.309 e. The smallest absolute Gasteiger partial charge is 0.154 e. The maximum atomic E-state index is 4.64. The first kappa shape index (κ1) is 15.5. The standard InChI is InChI=1S/C21H20N4/c1-16-5-2-6-17(11-16)13-22-14-18-7-3-8-19(12-18)20-15-25-21(24-20)9-4-10-23-25/h2-12,15,22H,13-14H2,1H3. The molecule has 0 atom stereocenters. The van der Waals surface area contributed by atoms with Gasteiger partial charge >= 0.3 is 0 Å². The summed E-state index contributed by atoms with van der Waals surface area (Å²) in [4.78, 5) is 4.64. The van der Waals surface area contributed by atoms with Crippen LogP contribution in [0.25, 0.3) is 16.9 Å². The van der Waals surface area contributed by atoms with Gasteiger partial charge < -0.3 is 5.32 Å². The summed E-state index contributed by atoms with van der Waals surface area (Å²) in [6.07, 6.45) is 3.73. The normalized spacial score (nSPS) is 11.1. The van der Waals surface area contributed by atoms with Crippen LogP contribution in [0.1, 0.15) is 16.7 Å². The highest BCUT2D eigenvalue weighted by Gasteiger charge is 2.05. The third-order valence-electron chi connectivity index (χ3n) is 4.20. The van der Waals surface area contributed by atoms with Gasteiger partial charge in [-0.2, -0.15) is 5.10 Å². The summed E-state index contributed by atoms with van der Waals surface area (Å²) < 4.78 is 1.80. The number of benzene rings is 2. The predicted octanol–water partition coefficient (Wildman–Crippen LogP) is 3.99. The van der Waals surface area contributed by atoms with E-state index in [-0.39, 0.29) is 0 Å². The van der Waals surface area contributed by atoms with Crippen LogP contribution in [0.3, 0.4) is 0 Å². The van der Waals surface area contributed by atoms with Gasteiger partial charge in [-0.25, -0.2) is 9.50 Å². The maximum Gasteiger partial charge on any atom is 0.154 e. The molecule has 0 saturated carbocycles. The van der Waals surface area contributed by atoms with Crippen molar-refractivity contribution in [2.45, 2.75) is 20.0 Å². The van der Waals surface area contributed by atoms with Gasteiger partial charge in [0.25, 0.3) is 0 Å². The average molecular weight is 328 g/mol. The average Bonchev–Trinajstić information content (AvgIpc) is 3.06. The molecule has 0 spiro atoms. The molecular formula is C21H20N4. The number of aromatic nitrogens is 3. The van der Waals surface area contributed by atoms with Crippen molar-refractivity contribution in [2.24, 2.45) is 0 Å². The van der Waals surface area contributed by atoms with Crippen molar-refractivity contribution in [1.82, 2.24) is 19.9 Å². The SMILES string of the molecule is Cc1cccc(CNCc2cccc(-c3cn4ncccc4n3)c2)c1. The fourth-order valence-corrected chi connectivity index (χ4v) is 2.98. The van der Waals surface area contributed by atoms with Crippen LogP contribution in [0, 0.1) is 6.92 Å². The number of aryl methyl sites for hydroxylation is 1. The summed E-state index contributed by atoms with van der Waals surface area (Å²) in [5.41, 5.74) is 6.76. The lowest BCUT2D eigenvalue weighted by molar-refractivity contribution is 0.693. The number of nitrogens with zero attached hydrogens (tertiary/aromatic N) is 3. The van der Waals surface area contributed by atoms with E-state index in [9.17, 15) is 0 Å². The van der Waals surface area contributed by atoms with Gasteiger partial charge in [-0.3, -0.25) is 0 Å². The minimum Gasteiger partial charge on any atom is -0.309 e. The van der Waals surface area contributed by atoms with Gasteiger partial charge in [-0.05, 0) is 36.2 Å². The van der Waals surface area contributed by atoms with Crippen LogP contribution in [0.4, 0.5) is 0 Å². The Morgan fingerprint density at radius 2 is 1.72 bits per heavy atom. The van der Waals surface area contributed by atoms with Crippen molar-refractivity contribution in [3.8, 4) is 11.3 Å². The van der Waals surface area contributed by atoms with Crippen LogP contribution in [-0.2, 0) is 13.1 Å². The lowest BCUT2D eigenvalue weighted by atomic mass is 10.1. The molecule has 2 aromatic heterocycles. The summed E-state index contributed by atoms with van der Waals surface area (Å²) in [6, 6.07) is 20.9. The first-order chi connectivity index (χ1) is 12.3. The van der Waals surface area contributed by atoms with Gasteiger partial charge in [0.05, 0.1) is 11.9 Å². The number of hydrogen-bond donors (Lipinski definition) is 1. The summed E-state index contributed by atoms with van der Waals surface area (Å²) >= 11 is 0. The zero-order valence-electron chi connectivity index (χ0n) is 14.2. The summed E-state index contributed by atoms with van der Waals surface area (Å²) in [5, 5.41) is 7.79. The molecule has 0 amide bonds. The molecule has 0 aliphatic heterocycles. The molecule has 4 heteroatoms. The quantitative estimate of drug-likeness (QED) is 0.602. The van der Waals surface area contributed by atoms with Crippen molar-refractivity contribution >= 4 is 5.65 Å². The molecule has 0 radical (unpaired) electrons. The number of imidazole rings is 1. The number of fused-ring (bicyclic) bond motifs is 1. The lowest BCUT2D eigenvalue weighted by Gasteiger charge is -2.07. The van der Waals surface area contributed by atoms with Crippen molar-refractivity contribution in [1.29, 1.82) is 0 Å². The molecule has 25 heavy (non-hydrogen) atoms. The summed E-state index contributed by atoms with van der Waals surface area (Å²) in [7, 11) is 0. The first-order valence-electron chi connectivity index (χ1n) is 8.44. The third-order valence-corrected chi connectivity index (χ3v) is 4.20. The molecule has 4 nitrogen and oxygen atoms in total. The van der Waals surface area contributed by atoms with E-state index in [1.807, 2.05) is 18.3 Å². The van der Waals surface area contributed by atoms with Gasteiger partial charge in [0.15, 0.2) is 5.65 Å². The van der Waals surface area contributed by atoms with Gasteiger partial charge in [0.1, 0.15) is 0 Å². The van der Waals surface area contributed by atoms with Crippen molar-refractivity contribution in [2.75, 3.05) is 0 Å². The van der Waals surface area contributed by atoms with Gasteiger partial charge in [0, 0.05) is 24.8 Å². The molecule has 0 saturated heterocycles. The highest BCUT2D eigenvalue weighted by atomic mass is 15.2. The van der Waals surface area contributed by atoms with Crippen molar-refractivity contribution in [3.63, 3.8) is 0 Å². The number of hydrogen-bond acceptors (Lipinski definition) is 3. The van der Waals surface area contributed by atoms with Crippen molar-refractivity contribution < 1.29 is 0 Å². The van der Waals surface area contributed by atoms with E-state index in [0.717, 1.165) is 30.0 Å². The molecule has 1 N–H and O–H groups in total. The molecule has 0 fully saturated rings. The minimum atomic E-state index is 0.827. The van der Waals surface area contributed by atoms with Crippen LogP contribution in [0.5, 0.6) is 0 Å². The molecule has 0 aliphatic carbocycles. The number of nitrogens with one attached hydrogen (secondary N) is 1. The lowest BCUT2D eigenvalue weighted by Crippen LogP contribution is -2.12. The Morgan fingerprint density at radius 1 is 0.920 bits per heavy atom. The summed E-state index contributed by atoms with van der Waals surface area (Å²) in [6.45, 7) is 3.81. The summed E-state index contributed by atoms with van der Waals surface area (Å²) in [5.74, 6) is 0. The zero-order valence-corrected chi connectivity index (χ0v) is 14.2. The monoisotopic (exact) mass is 328 g/mol. The van der Waals surface area contributed by atoms with Crippen LogP contribution < -0.4 is 5.32 Å². The van der Waals surface area contributed by atoms with Crippen LogP contribution >= 0.6 is 0 Å². The van der Waals surface area contributed by atoms with Crippen LogP contribution in [0.2, 0.25) is 0 Å². The van der Waals surface area contributed by atoms with E-state index in [4.69, 9.17) is 0 Å². The second-order valence-electron chi connectivity index (χ2n) is 6.25.